The number of alkyl halides is 1. The highest BCUT2D eigenvalue weighted by Crippen LogP contribution is 1.70. The van der Waals surface area contributed by atoms with E-state index >= 15 is 0 Å². The van der Waals surface area contributed by atoms with Crippen LogP contribution in [0.5, 0.6) is 0 Å². The van der Waals surface area contributed by atoms with Crippen molar-refractivity contribution in [3.63, 3.8) is 0 Å². The minimum atomic E-state index is -0.705. The van der Waals surface area contributed by atoms with Crippen LogP contribution >= 0.6 is 0 Å². The number of hydrogen-bond donors (Lipinski definition) is 0. The summed E-state index contributed by atoms with van der Waals surface area (Å²) in [6, 6.07) is 0. The van der Waals surface area contributed by atoms with E-state index in [2.05, 4.69) is 0 Å². The maximum Gasteiger partial charge on any atom is 0.211 e. The Hall–Kier alpha value is -0.600. The number of carbonyl (C=O) groups is 1. The molecule has 2 nitrogen and oxygen atoms in total. The molecule has 0 heterocycles. The molecule has 0 aliphatic rings. The van der Waals surface area contributed by atoms with Crippen molar-refractivity contribution in [2.24, 2.45) is 0 Å². The maximum absolute atomic E-state index is 11.1. The highest BCUT2D eigenvalue weighted by Gasteiger charge is 1.82. The van der Waals surface area contributed by atoms with Gasteiger partial charge in [0.15, 0.2) is 6.80 Å². The summed E-state index contributed by atoms with van der Waals surface area (Å²) in [4.78, 5) is 10.3. The van der Waals surface area contributed by atoms with Crippen LogP contribution in [0, 0.1) is 0 Å². The van der Waals surface area contributed by atoms with Crippen LogP contribution in [0.15, 0.2) is 0 Å². The predicted molar refractivity (Wildman–Crippen MR) is 19.8 cm³/mol. The van der Waals surface area contributed by atoms with Crippen LogP contribution in [0.25, 0.3) is 0 Å². The van der Waals surface area contributed by atoms with Gasteiger partial charge in [-0.15, -0.1) is 0 Å². The highest BCUT2D eigenvalue weighted by molar-refractivity contribution is 5.45. The van der Waals surface area contributed by atoms with Crippen molar-refractivity contribution in [2.75, 3.05) is 13.8 Å². The Morgan fingerprint density at radius 2 is 2.50 bits per heavy atom. The van der Waals surface area contributed by atoms with Crippen LogP contribution in [0.3, 0.4) is 0 Å². The molecule has 0 spiro atoms. The molecule has 36 valence electrons. The van der Waals surface area contributed by atoms with Gasteiger partial charge in [-0.05, 0) is 0 Å². The van der Waals surface area contributed by atoms with Crippen molar-refractivity contribution < 1.29 is 9.18 Å². The Kier molecular flexibility index (Phi) is 2.36. The number of rotatable bonds is 2. The van der Waals surface area contributed by atoms with Crippen molar-refractivity contribution >= 4 is 6.41 Å². The number of nitrogens with zero attached hydrogens (tertiary/aromatic N) is 1. The molecule has 0 fully saturated rings. The minimum absolute atomic E-state index is 0.431. The second-order valence-corrected chi connectivity index (χ2v) is 0.982. The minimum Gasteiger partial charge on any atom is -0.321 e. The fourth-order valence-corrected chi connectivity index (χ4v) is 0.0282. The lowest BCUT2D eigenvalue weighted by atomic mass is 11.0. The number of carbonyl (C=O) groups excluding carboxylic acids is 1. The molecule has 0 aliphatic heterocycles. The summed E-state index contributed by atoms with van der Waals surface area (Å²) in [5, 5.41) is 0. The van der Waals surface area contributed by atoms with Crippen LogP contribution < -0.4 is 0 Å². The molecule has 0 saturated heterocycles. The molecule has 0 aromatic rings. The summed E-state index contributed by atoms with van der Waals surface area (Å²) in [7, 11) is 1.37. The highest BCUT2D eigenvalue weighted by atomic mass is 19.1. The number of amides is 1. The largest absolute Gasteiger partial charge is 0.321 e. The van der Waals surface area contributed by atoms with Gasteiger partial charge in [-0.3, -0.25) is 4.79 Å². The van der Waals surface area contributed by atoms with Gasteiger partial charge in [-0.25, -0.2) is 4.39 Å². The monoisotopic (exact) mass is 91.0 g/mol. The topological polar surface area (TPSA) is 20.3 Å². The van der Waals surface area contributed by atoms with E-state index in [0.717, 1.165) is 4.90 Å². The molecule has 6 heavy (non-hydrogen) atoms. The lowest BCUT2D eigenvalue weighted by Gasteiger charge is -1.98. The molecule has 1 amide bonds. The molecule has 0 aromatic carbocycles. The number of hydrogen-bond acceptors (Lipinski definition) is 1. The first-order valence-electron chi connectivity index (χ1n) is 1.52. The Labute approximate surface area is 35.6 Å². The molecule has 0 aromatic heterocycles. The Morgan fingerprint density at radius 3 is 2.50 bits per heavy atom. The normalized spacial score (nSPS) is 7.67. The van der Waals surface area contributed by atoms with Gasteiger partial charge in [0.1, 0.15) is 0 Å². The van der Waals surface area contributed by atoms with Gasteiger partial charge in [0.2, 0.25) is 6.41 Å². The van der Waals surface area contributed by atoms with Crippen molar-refractivity contribution in [1.29, 1.82) is 0 Å². The fourth-order valence-electron chi connectivity index (χ4n) is 0.0282. The van der Waals surface area contributed by atoms with Gasteiger partial charge < -0.3 is 4.90 Å². The maximum atomic E-state index is 11.1. The second kappa shape index (κ2) is 2.63. The number of halogens is 1. The SMILES string of the molecule is CN(C=O)CF. The van der Waals surface area contributed by atoms with Crippen LogP contribution in [0.4, 0.5) is 4.39 Å². The summed E-state index contributed by atoms with van der Waals surface area (Å²) < 4.78 is 11.1. The van der Waals surface area contributed by atoms with E-state index in [1.54, 1.807) is 0 Å². The third kappa shape index (κ3) is 1.69. The zero-order chi connectivity index (χ0) is 4.99. The summed E-state index contributed by atoms with van der Waals surface area (Å²) in [6.45, 7) is -0.705. The van der Waals surface area contributed by atoms with Gasteiger partial charge in [0, 0.05) is 7.05 Å². The summed E-state index contributed by atoms with van der Waals surface area (Å²) in [6.07, 6.45) is 0.431. The molecule has 3 heteroatoms. The summed E-state index contributed by atoms with van der Waals surface area (Å²) in [5.74, 6) is 0. The zero-order valence-corrected chi connectivity index (χ0v) is 3.52. The molecule has 0 N–H and O–H groups in total. The average Bonchev–Trinajstić information content (AvgIpc) is 1.65. The fraction of sp³-hybridized carbons (Fsp3) is 0.667. The molecule has 0 saturated carbocycles. The lowest BCUT2D eigenvalue weighted by Crippen LogP contribution is -2.12. The molecule has 0 unspecified atom stereocenters. The predicted octanol–water partition coefficient (Wildman–Crippen LogP) is 0.00160. The molecule has 0 aliphatic carbocycles. The van der Waals surface area contributed by atoms with Gasteiger partial charge in [0.25, 0.3) is 0 Å². The Morgan fingerprint density at radius 1 is 2.00 bits per heavy atom. The Balaban J connectivity index is 2.96. The van der Waals surface area contributed by atoms with Gasteiger partial charge in [0.05, 0.1) is 0 Å². The first-order valence-corrected chi connectivity index (χ1v) is 1.52. The van der Waals surface area contributed by atoms with Crippen molar-refractivity contribution in [3.05, 3.63) is 0 Å². The molecule has 0 radical (unpaired) electrons. The smallest absolute Gasteiger partial charge is 0.211 e. The standard InChI is InChI=1S/C3H6FNO/c1-5(2-4)3-6/h3H,2H2,1H3. The summed E-state index contributed by atoms with van der Waals surface area (Å²) >= 11 is 0. The third-order valence-corrected chi connectivity index (χ3v) is 0.368. The van der Waals surface area contributed by atoms with E-state index in [1.165, 1.54) is 7.05 Å². The molecule has 0 bridgehead atoms. The lowest BCUT2D eigenvalue weighted by molar-refractivity contribution is -0.118. The van der Waals surface area contributed by atoms with Crippen LogP contribution in [-0.4, -0.2) is 25.2 Å². The average molecular weight is 91.1 g/mol. The summed E-state index contributed by atoms with van der Waals surface area (Å²) in [5.41, 5.74) is 0. The van der Waals surface area contributed by atoms with E-state index in [9.17, 15) is 9.18 Å². The quantitative estimate of drug-likeness (QED) is 0.346. The zero-order valence-electron chi connectivity index (χ0n) is 3.52. The van der Waals surface area contributed by atoms with Crippen LogP contribution in [0.2, 0.25) is 0 Å². The van der Waals surface area contributed by atoms with Crippen molar-refractivity contribution in [2.45, 2.75) is 0 Å². The molecule has 0 atom stereocenters. The van der Waals surface area contributed by atoms with Crippen LogP contribution in [0.1, 0.15) is 0 Å². The van der Waals surface area contributed by atoms with E-state index in [4.69, 9.17) is 0 Å². The first kappa shape index (κ1) is 5.40. The third-order valence-electron chi connectivity index (χ3n) is 0.368. The van der Waals surface area contributed by atoms with Gasteiger partial charge >= 0.3 is 0 Å². The van der Waals surface area contributed by atoms with E-state index in [1.807, 2.05) is 0 Å². The van der Waals surface area contributed by atoms with E-state index in [-0.39, 0.29) is 0 Å². The van der Waals surface area contributed by atoms with E-state index < -0.39 is 6.80 Å². The van der Waals surface area contributed by atoms with Gasteiger partial charge in [-0.1, -0.05) is 0 Å². The van der Waals surface area contributed by atoms with Crippen molar-refractivity contribution in [1.82, 2.24) is 4.90 Å². The van der Waals surface area contributed by atoms with Gasteiger partial charge in [-0.2, -0.15) is 0 Å². The van der Waals surface area contributed by atoms with E-state index in [0.29, 0.717) is 6.41 Å². The second-order valence-electron chi connectivity index (χ2n) is 0.982. The Bertz CT molecular complexity index is 48.1. The van der Waals surface area contributed by atoms with Crippen molar-refractivity contribution in [3.8, 4) is 0 Å². The molecular formula is C3H6FNO. The van der Waals surface area contributed by atoms with Crippen LogP contribution in [-0.2, 0) is 4.79 Å². The first-order chi connectivity index (χ1) is 2.81. The molecule has 0 rings (SSSR count). The molecular weight excluding hydrogens is 85.0 g/mol.